The lowest BCUT2D eigenvalue weighted by Gasteiger charge is -2.14. The Labute approximate surface area is 100 Å². The highest BCUT2D eigenvalue weighted by molar-refractivity contribution is 7.89. The molecule has 98 valence electrons. The molecule has 8 heteroatoms. The van der Waals surface area contributed by atoms with Crippen molar-refractivity contribution in [3.8, 4) is 0 Å². The van der Waals surface area contributed by atoms with E-state index in [9.17, 15) is 17.2 Å². The average Bonchev–Trinajstić information content (AvgIpc) is 2.96. The Bertz CT molecular complexity index is 307. The van der Waals surface area contributed by atoms with Crippen LogP contribution in [0.2, 0.25) is 0 Å². The summed E-state index contributed by atoms with van der Waals surface area (Å²) < 4.78 is 49.6. The second kappa shape index (κ2) is 6.09. The van der Waals surface area contributed by atoms with Gasteiger partial charge in [0.2, 0.25) is 10.0 Å². The van der Waals surface area contributed by atoms with Crippen LogP contribution in [0.5, 0.6) is 0 Å². The molecule has 1 aliphatic rings. The van der Waals surface area contributed by atoms with Crippen molar-refractivity contribution in [3.63, 3.8) is 0 Å². The van der Waals surface area contributed by atoms with Crippen LogP contribution in [0.3, 0.4) is 0 Å². The van der Waals surface area contributed by atoms with Gasteiger partial charge in [0.05, 0.1) is 18.8 Å². The summed E-state index contributed by atoms with van der Waals surface area (Å²) in [4.78, 5) is 0. The van der Waals surface area contributed by atoms with Crippen LogP contribution < -0.4 is 10.5 Å². The highest BCUT2D eigenvalue weighted by atomic mass is 35.5. The monoisotopic (exact) mass is 278 g/mol. The lowest BCUT2D eigenvalue weighted by molar-refractivity contribution is 0.0170. The molecule has 1 saturated carbocycles. The molecule has 0 aromatic carbocycles. The van der Waals surface area contributed by atoms with Gasteiger partial charge >= 0.3 is 0 Å². The Morgan fingerprint density at radius 1 is 1.38 bits per heavy atom. The molecule has 1 fully saturated rings. The normalized spacial score (nSPS) is 16.9. The van der Waals surface area contributed by atoms with Gasteiger partial charge in [-0.1, -0.05) is 12.8 Å². The van der Waals surface area contributed by atoms with E-state index in [1.165, 1.54) is 0 Å². The van der Waals surface area contributed by atoms with Gasteiger partial charge in [-0.2, -0.15) is 0 Å². The Balaban J connectivity index is 0.00000225. The minimum Gasteiger partial charge on any atom is -0.325 e. The fraction of sp³-hybridized carbons (Fsp3) is 1.00. The molecule has 0 amide bonds. The van der Waals surface area contributed by atoms with Crippen molar-refractivity contribution >= 4 is 22.4 Å². The maximum absolute atomic E-state index is 12.6. The first-order valence-electron chi connectivity index (χ1n) is 4.90. The predicted octanol–water partition coefficient (Wildman–Crippen LogP) is 0.722. The minimum atomic E-state index is -3.57. The zero-order chi connectivity index (χ0) is 11.5. The molecule has 1 aliphatic carbocycles. The van der Waals surface area contributed by atoms with Crippen LogP contribution in [0.4, 0.5) is 8.78 Å². The van der Waals surface area contributed by atoms with E-state index in [0.717, 1.165) is 12.8 Å². The average molecular weight is 279 g/mol. The number of alkyl halides is 2. The molecule has 0 radical (unpaired) electrons. The largest absolute Gasteiger partial charge is 0.325 e. The van der Waals surface area contributed by atoms with Crippen LogP contribution in [-0.2, 0) is 10.0 Å². The van der Waals surface area contributed by atoms with E-state index in [0.29, 0.717) is 12.3 Å². The number of halogens is 3. The summed E-state index contributed by atoms with van der Waals surface area (Å²) in [7, 11) is -3.57. The lowest BCUT2D eigenvalue weighted by Crippen LogP contribution is -2.42. The fourth-order valence-electron chi connectivity index (χ4n) is 1.09. The first-order valence-corrected chi connectivity index (χ1v) is 6.55. The van der Waals surface area contributed by atoms with Gasteiger partial charge in [-0.3, -0.25) is 0 Å². The third kappa shape index (κ3) is 6.57. The van der Waals surface area contributed by atoms with Gasteiger partial charge in [0.25, 0.3) is 5.92 Å². The quantitative estimate of drug-likeness (QED) is 0.721. The summed E-state index contributed by atoms with van der Waals surface area (Å²) in [5.74, 6) is -2.76. The van der Waals surface area contributed by atoms with Gasteiger partial charge in [0, 0.05) is 0 Å². The third-order valence-electron chi connectivity index (χ3n) is 2.34. The van der Waals surface area contributed by atoms with E-state index >= 15 is 0 Å². The number of sulfonamides is 1. The summed E-state index contributed by atoms with van der Waals surface area (Å²) in [5, 5.41) is 0. The van der Waals surface area contributed by atoms with Gasteiger partial charge in [-0.15, -0.1) is 12.4 Å². The minimum absolute atomic E-state index is 0. The van der Waals surface area contributed by atoms with Crippen molar-refractivity contribution < 1.29 is 17.2 Å². The number of hydrogen-bond donors (Lipinski definition) is 2. The molecule has 0 aromatic rings. The molecule has 16 heavy (non-hydrogen) atoms. The molecule has 3 N–H and O–H groups in total. The first kappa shape index (κ1) is 16.0. The number of rotatable bonds is 7. The third-order valence-corrected chi connectivity index (χ3v) is 3.70. The molecule has 1 rings (SSSR count). The van der Waals surface area contributed by atoms with Crippen molar-refractivity contribution in [1.29, 1.82) is 0 Å². The topological polar surface area (TPSA) is 72.2 Å². The highest BCUT2D eigenvalue weighted by Crippen LogP contribution is 2.32. The standard InChI is InChI=1S/C8H16F2N2O2S.ClH/c9-8(10,5-11)6-12-15(13,14)4-3-7-1-2-7;/h7,12H,1-6,11H2;1H. The molecule has 0 saturated heterocycles. The summed E-state index contributed by atoms with van der Waals surface area (Å²) in [6.45, 7) is -1.76. The van der Waals surface area contributed by atoms with Crippen molar-refractivity contribution in [2.45, 2.75) is 25.2 Å². The van der Waals surface area contributed by atoms with Crippen LogP contribution in [0.1, 0.15) is 19.3 Å². The molecule has 0 heterocycles. The maximum atomic E-state index is 12.6. The number of nitrogens with one attached hydrogen (secondary N) is 1. The van der Waals surface area contributed by atoms with E-state index in [-0.39, 0.29) is 18.2 Å². The molecule has 0 bridgehead atoms. The van der Waals surface area contributed by atoms with Crippen molar-refractivity contribution in [3.05, 3.63) is 0 Å². The van der Waals surface area contributed by atoms with Gasteiger partial charge in [-0.25, -0.2) is 21.9 Å². The van der Waals surface area contributed by atoms with Crippen molar-refractivity contribution in [1.82, 2.24) is 4.72 Å². The highest BCUT2D eigenvalue weighted by Gasteiger charge is 2.29. The Hall–Kier alpha value is 0.0200. The maximum Gasteiger partial charge on any atom is 0.273 e. The zero-order valence-electron chi connectivity index (χ0n) is 8.79. The summed E-state index contributed by atoms with van der Waals surface area (Å²) in [6.07, 6.45) is 2.66. The van der Waals surface area contributed by atoms with Gasteiger partial charge in [-0.05, 0) is 12.3 Å². The zero-order valence-corrected chi connectivity index (χ0v) is 10.4. The summed E-state index contributed by atoms with van der Waals surface area (Å²) in [6, 6.07) is 0. The number of hydrogen-bond acceptors (Lipinski definition) is 3. The molecule has 0 unspecified atom stereocenters. The molecular weight excluding hydrogens is 262 g/mol. The van der Waals surface area contributed by atoms with Gasteiger partial charge < -0.3 is 5.73 Å². The van der Waals surface area contributed by atoms with Crippen molar-refractivity contribution in [2.24, 2.45) is 11.7 Å². The smallest absolute Gasteiger partial charge is 0.273 e. The SMILES string of the molecule is Cl.NCC(F)(F)CNS(=O)(=O)CCC1CC1. The van der Waals surface area contributed by atoms with E-state index in [4.69, 9.17) is 5.73 Å². The van der Waals surface area contributed by atoms with E-state index in [1.807, 2.05) is 4.72 Å². The van der Waals surface area contributed by atoms with Crippen LogP contribution >= 0.6 is 12.4 Å². The van der Waals surface area contributed by atoms with Gasteiger partial charge in [0.15, 0.2) is 0 Å². The predicted molar refractivity (Wildman–Crippen MR) is 60.4 cm³/mol. The van der Waals surface area contributed by atoms with Crippen LogP contribution in [0.25, 0.3) is 0 Å². The Morgan fingerprint density at radius 3 is 2.38 bits per heavy atom. The van der Waals surface area contributed by atoms with Gasteiger partial charge in [0.1, 0.15) is 0 Å². The summed E-state index contributed by atoms with van der Waals surface area (Å²) >= 11 is 0. The Morgan fingerprint density at radius 2 is 1.94 bits per heavy atom. The van der Waals surface area contributed by atoms with Crippen LogP contribution in [-0.4, -0.2) is 33.2 Å². The summed E-state index contributed by atoms with van der Waals surface area (Å²) in [5.41, 5.74) is 4.78. The lowest BCUT2D eigenvalue weighted by atomic mass is 10.3. The molecule has 0 spiro atoms. The second-order valence-electron chi connectivity index (χ2n) is 3.93. The molecule has 4 nitrogen and oxygen atoms in total. The van der Waals surface area contributed by atoms with E-state index in [2.05, 4.69) is 0 Å². The van der Waals surface area contributed by atoms with Crippen LogP contribution in [0, 0.1) is 5.92 Å². The molecular formula is C8H17ClF2N2O2S. The van der Waals surface area contributed by atoms with E-state index in [1.54, 1.807) is 0 Å². The first-order chi connectivity index (χ1) is 6.85. The van der Waals surface area contributed by atoms with E-state index < -0.39 is 29.0 Å². The number of nitrogens with two attached hydrogens (primary N) is 1. The molecule has 0 aliphatic heterocycles. The molecule has 0 aromatic heterocycles. The second-order valence-corrected chi connectivity index (χ2v) is 5.86. The van der Waals surface area contributed by atoms with Crippen molar-refractivity contribution in [2.75, 3.05) is 18.8 Å². The Kier molecular flexibility index (Phi) is 6.10. The fourth-order valence-corrected chi connectivity index (χ4v) is 2.31. The van der Waals surface area contributed by atoms with Crippen LogP contribution in [0.15, 0.2) is 0 Å². The molecule has 0 atom stereocenters.